The summed E-state index contributed by atoms with van der Waals surface area (Å²) in [5.41, 5.74) is 1.12. The van der Waals surface area contributed by atoms with Gasteiger partial charge < -0.3 is 4.90 Å². The van der Waals surface area contributed by atoms with Crippen LogP contribution in [0.4, 0.5) is 0 Å². The molecule has 1 aromatic rings. The Morgan fingerprint density at radius 3 is 2.50 bits per heavy atom. The van der Waals surface area contributed by atoms with E-state index < -0.39 is 9.84 Å². The van der Waals surface area contributed by atoms with E-state index in [1.54, 1.807) is 6.07 Å². The summed E-state index contributed by atoms with van der Waals surface area (Å²) in [6, 6.07) is 7.34. The van der Waals surface area contributed by atoms with Gasteiger partial charge in [0.1, 0.15) is 0 Å². The van der Waals surface area contributed by atoms with Crippen LogP contribution in [-0.4, -0.2) is 39.2 Å². The highest BCUT2D eigenvalue weighted by Crippen LogP contribution is 2.14. The largest absolute Gasteiger partial charge is 0.303 e. The molecule has 0 radical (unpaired) electrons. The first-order valence-corrected chi connectivity index (χ1v) is 8.96. The first-order chi connectivity index (χ1) is 9.05. The Kier molecular flexibility index (Phi) is 7.20. The van der Waals surface area contributed by atoms with Crippen LogP contribution < -0.4 is 0 Å². The summed E-state index contributed by atoms with van der Waals surface area (Å²) in [6.07, 6.45) is 7.34. The Balaban J connectivity index is 0.00000200. The molecule has 0 N–H and O–H groups in total. The predicted octanol–water partition coefficient (Wildman–Crippen LogP) is 3.09. The molecule has 1 fully saturated rings. The maximum atomic E-state index is 11.5. The highest BCUT2D eigenvalue weighted by atomic mass is 79.9. The third-order valence-electron chi connectivity index (χ3n) is 3.72. The van der Waals surface area contributed by atoms with Crippen molar-refractivity contribution in [3.05, 3.63) is 29.8 Å². The van der Waals surface area contributed by atoms with Crippen molar-refractivity contribution >= 4 is 26.8 Å². The monoisotopic (exact) mass is 361 g/mol. The molecule has 1 aromatic carbocycles. The van der Waals surface area contributed by atoms with Crippen LogP contribution in [0.2, 0.25) is 0 Å². The second kappa shape index (κ2) is 8.15. The van der Waals surface area contributed by atoms with Crippen LogP contribution in [0.3, 0.4) is 0 Å². The molecular weight excluding hydrogens is 338 g/mol. The van der Waals surface area contributed by atoms with Gasteiger partial charge in [0.15, 0.2) is 9.84 Å². The van der Waals surface area contributed by atoms with Crippen LogP contribution in [0.5, 0.6) is 0 Å². The normalized spacial score (nSPS) is 16.6. The van der Waals surface area contributed by atoms with Crippen LogP contribution >= 0.6 is 17.0 Å². The second-order valence-corrected chi connectivity index (χ2v) is 7.44. The van der Waals surface area contributed by atoms with Crippen molar-refractivity contribution in [3.63, 3.8) is 0 Å². The molecule has 0 aromatic heterocycles. The topological polar surface area (TPSA) is 37.4 Å². The Morgan fingerprint density at radius 2 is 1.85 bits per heavy atom. The summed E-state index contributed by atoms with van der Waals surface area (Å²) in [5, 5.41) is 0. The van der Waals surface area contributed by atoms with Gasteiger partial charge in [-0.05, 0) is 63.0 Å². The molecule has 20 heavy (non-hydrogen) atoms. The highest BCUT2D eigenvalue weighted by molar-refractivity contribution is 8.93. The number of rotatable bonds is 5. The molecule has 5 heteroatoms. The Labute approximate surface area is 133 Å². The fourth-order valence-electron chi connectivity index (χ4n) is 2.62. The standard InChI is InChI=1S/C15H23NO2S.BrH/c1-19(17,18)15-9-5-7-14(13-15)8-6-12-16-10-3-2-4-11-16;/h5,7,9,13H,2-4,6,8,10-12H2,1H3;1H. The zero-order valence-corrected chi connectivity index (χ0v) is 14.6. The lowest BCUT2D eigenvalue weighted by atomic mass is 10.1. The fraction of sp³-hybridized carbons (Fsp3) is 0.600. The summed E-state index contributed by atoms with van der Waals surface area (Å²) in [6.45, 7) is 3.58. The molecular formula is C15H24BrNO2S. The molecule has 0 aliphatic carbocycles. The first kappa shape index (κ1) is 17.7. The minimum absolute atomic E-state index is 0. The van der Waals surface area contributed by atoms with Crippen LogP contribution in [0.15, 0.2) is 29.2 Å². The van der Waals surface area contributed by atoms with Gasteiger partial charge in [0.2, 0.25) is 0 Å². The van der Waals surface area contributed by atoms with Gasteiger partial charge in [0, 0.05) is 6.26 Å². The van der Waals surface area contributed by atoms with E-state index in [1.807, 2.05) is 18.2 Å². The van der Waals surface area contributed by atoms with Crippen molar-refractivity contribution in [2.75, 3.05) is 25.9 Å². The lowest BCUT2D eigenvalue weighted by molar-refractivity contribution is 0.226. The molecule has 1 aliphatic heterocycles. The molecule has 0 bridgehead atoms. The molecule has 1 saturated heterocycles. The molecule has 0 amide bonds. The lowest BCUT2D eigenvalue weighted by Crippen LogP contribution is -2.30. The average molecular weight is 362 g/mol. The SMILES string of the molecule is Br.CS(=O)(=O)c1cccc(CCCN2CCCCC2)c1. The minimum Gasteiger partial charge on any atom is -0.303 e. The predicted molar refractivity (Wildman–Crippen MR) is 88.5 cm³/mol. The molecule has 1 heterocycles. The van der Waals surface area contributed by atoms with Crippen molar-refractivity contribution in [2.45, 2.75) is 37.0 Å². The van der Waals surface area contributed by atoms with Crippen molar-refractivity contribution in [2.24, 2.45) is 0 Å². The van der Waals surface area contributed by atoms with Gasteiger partial charge in [-0.25, -0.2) is 8.42 Å². The number of likely N-dealkylation sites (tertiary alicyclic amines) is 1. The van der Waals surface area contributed by atoms with Gasteiger partial charge >= 0.3 is 0 Å². The first-order valence-electron chi connectivity index (χ1n) is 7.07. The Morgan fingerprint density at radius 1 is 1.15 bits per heavy atom. The molecule has 0 spiro atoms. The van der Waals surface area contributed by atoms with Gasteiger partial charge in [0.25, 0.3) is 0 Å². The van der Waals surface area contributed by atoms with E-state index in [0.29, 0.717) is 4.90 Å². The molecule has 1 aliphatic rings. The smallest absolute Gasteiger partial charge is 0.175 e. The molecule has 0 unspecified atom stereocenters. The van der Waals surface area contributed by atoms with Crippen LogP contribution in [0, 0.1) is 0 Å². The van der Waals surface area contributed by atoms with E-state index in [4.69, 9.17) is 0 Å². The lowest BCUT2D eigenvalue weighted by Gasteiger charge is -2.26. The highest BCUT2D eigenvalue weighted by Gasteiger charge is 2.10. The van der Waals surface area contributed by atoms with E-state index in [2.05, 4.69) is 4.90 Å². The zero-order chi connectivity index (χ0) is 13.7. The minimum atomic E-state index is -3.08. The van der Waals surface area contributed by atoms with E-state index in [1.165, 1.54) is 38.6 Å². The number of hydrogen-bond acceptors (Lipinski definition) is 3. The third-order valence-corrected chi connectivity index (χ3v) is 4.83. The van der Waals surface area contributed by atoms with Crippen LogP contribution in [0.25, 0.3) is 0 Å². The van der Waals surface area contributed by atoms with Crippen molar-refractivity contribution in [3.8, 4) is 0 Å². The van der Waals surface area contributed by atoms with E-state index >= 15 is 0 Å². The number of sulfone groups is 1. The van der Waals surface area contributed by atoms with Gasteiger partial charge in [-0.3, -0.25) is 0 Å². The summed E-state index contributed by atoms with van der Waals surface area (Å²) in [7, 11) is -3.08. The zero-order valence-electron chi connectivity index (χ0n) is 12.0. The number of aryl methyl sites for hydroxylation is 1. The summed E-state index contributed by atoms with van der Waals surface area (Å²) < 4.78 is 23.0. The van der Waals surface area contributed by atoms with Crippen molar-refractivity contribution < 1.29 is 8.42 Å². The van der Waals surface area contributed by atoms with Gasteiger partial charge in [-0.2, -0.15) is 0 Å². The number of halogens is 1. The van der Waals surface area contributed by atoms with Crippen LogP contribution in [0.1, 0.15) is 31.2 Å². The van der Waals surface area contributed by atoms with Crippen LogP contribution in [-0.2, 0) is 16.3 Å². The quantitative estimate of drug-likeness (QED) is 0.808. The van der Waals surface area contributed by atoms with Crippen molar-refractivity contribution in [1.29, 1.82) is 0 Å². The summed E-state index contributed by atoms with van der Waals surface area (Å²) in [4.78, 5) is 2.95. The molecule has 3 nitrogen and oxygen atoms in total. The van der Waals surface area contributed by atoms with Gasteiger partial charge in [-0.15, -0.1) is 17.0 Å². The van der Waals surface area contributed by atoms with E-state index in [-0.39, 0.29) is 17.0 Å². The summed E-state index contributed by atoms with van der Waals surface area (Å²) >= 11 is 0. The second-order valence-electron chi connectivity index (χ2n) is 5.43. The average Bonchev–Trinajstić information content (AvgIpc) is 2.39. The Bertz CT molecular complexity index is 510. The Hall–Kier alpha value is -0.390. The molecule has 114 valence electrons. The van der Waals surface area contributed by atoms with E-state index in [9.17, 15) is 8.42 Å². The number of hydrogen-bond donors (Lipinski definition) is 0. The fourth-order valence-corrected chi connectivity index (χ4v) is 3.31. The molecule has 2 rings (SSSR count). The van der Waals surface area contributed by atoms with Gasteiger partial charge in [-0.1, -0.05) is 18.6 Å². The van der Waals surface area contributed by atoms with Crippen molar-refractivity contribution in [1.82, 2.24) is 4.90 Å². The number of piperidine rings is 1. The maximum Gasteiger partial charge on any atom is 0.175 e. The molecule has 0 atom stereocenters. The summed E-state index contributed by atoms with van der Waals surface area (Å²) in [5.74, 6) is 0. The maximum absolute atomic E-state index is 11.5. The number of benzene rings is 1. The molecule has 0 saturated carbocycles. The van der Waals surface area contributed by atoms with E-state index in [0.717, 1.165) is 24.9 Å². The number of nitrogens with zero attached hydrogens (tertiary/aromatic N) is 1. The third kappa shape index (κ3) is 5.54. The van der Waals surface area contributed by atoms with Gasteiger partial charge in [0.05, 0.1) is 4.90 Å².